The Labute approximate surface area is 124 Å². The first-order valence-electron chi connectivity index (χ1n) is 8.57. The van der Waals surface area contributed by atoms with Gasteiger partial charge in [-0.1, -0.05) is 27.2 Å². The molecule has 1 amide bonds. The Hall–Kier alpha value is -0.570. The van der Waals surface area contributed by atoms with Gasteiger partial charge in [0, 0.05) is 6.04 Å². The number of amides is 1. The second-order valence-corrected chi connectivity index (χ2v) is 7.37. The largest absolute Gasteiger partial charge is 0.353 e. The third kappa shape index (κ3) is 3.75. The zero-order chi connectivity index (χ0) is 14.6. The highest BCUT2D eigenvalue weighted by molar-refractivity contribution is 5.83. The van der Waals surface area contributed by atoms with Crippen molar-refractivity contribution in [1.82, 2.24) is 10.6 Å². The summed E-state index contributed by atoms with van der Waals surface area (Å²) in [6.45, 7) is 8.82. The lowest BCUT2D eigenvalue weighted by Gasteiger charge is -2.39. The summed E-state index contributed by atoms with van der Waals surface area (Å²) in [5.41, 5.74) is -0.0933. The Morgan fingerprint density at radius 2 is 1.75 bits per heavy atom. The normalized spacial score (nSPS) is 33.6. The molecule has 2 atom stereocenters. The van der Waals surface area contributed by atoms with Crippen LogP contribution in [0.5, 0.6) is 0 Å². The molecule has 3 heteroatoms. The van der Waals surface area contributed by atoms with Crippen LogP contribution in [0, 0.1) is 17.3 Å². The van der Waals surface area contributed by atoms with Crippen molar-refractivity contribution in [3.63, 3.8) is 0 Å². The van der Waals surface area contributed by atoms with Gasteiger partial charge >= 0.3 is 0 Å². The van der Waals surface area contributed by atoms with Crippen molar-refractivity contribution in [3.05, 3.63) is 0 Å². The molecule has 3 nitrogen and oxygen atoms in total. The van der Waals surface area contributed by atoms with Crippen molar-refractivity contribution >= 4 is 5.91 Å². The van der Waals surface area contributed by atoms with Gasteiger partial charge in [0.1, 0.15) is 0 Å². The van der Waals surface area contributed by atoms with Gasteiger partial charge < -0.3 is 10.6 Å². The number of piperidine rings is 1. The number of carbonyl (C=O) groups excluding carboxylic acids is 1. The Bertz CT molecular complexity index is 307. The molecule has 2 N–H and O–H groups in total. The van der Waals surface area contributed by atoms with E-state index in [0.717, 1.165) is 63.5 Å². The first-order chi connectivity index (χ1) is 9.55. The predicted octanol–water partition coefficient (Wildman–Crippen LogP) is 3.10. The number of hydrogen-bond donors (Lipinski definition) is 2. The fraction of sp³-hybridized carbons (Fsp3) is 0.941. The fourth-order valence-electron chi connectivity index (χ4n) is 4.38. The fourth-order valence-corrected chi connectivity index (χ4v) is 4.38. The molecule has 1 saturated heterocycles. The lowest BCUT2D eigenvalue weighted by atomic mass is 9.73. The van der Waals surface area contributed by atoms with E-state index in [1.54, 1.807) is 0 Å². The van der Waals surface area contributed by atoms with Gasteiger partial charge in [0.05, 0.1) is 5.41 Å². The summed E-state index contributed by atoms with van der Waals surface area (Å²) in [7, 11) is 0. The van der Waals surface area contributed by atoms with Gasteiger partial charge in [-0.2, -0.15) is 0 Å². The molecule has 116 valence electrons. The molecule has 1 aliphatic carbocycles. The molecular weight excluding hydrogens is 248 g/mol. The number of hydrogen-bond acceptors (Lipinski definition) is 2. The molecule has 1 heterocycles. The maximum absolute atomic E-state index is 12.9. The summed E-state index contributed by atoms with van der Waals surface area (Å²) in [5, 5.41) is 6.80. The highest BCUT2D eigenvalue weighted by atomic mass is 16.2. The van der Waals surface area contributed by atoms with Crippen molar-refractivity contribution in [1.29, 1.82) is 0 Å². The van der Waals surface area contributed by atoms with Gasteiger partial charge in [0.2, 0.25) is 5.91 Å². The van der Waals surface area contributed by atoms with Gasteiger partial charge in [-0.15, -0.1) is 0 Å². The first-order valence-corrected chi connectivity index (χ1v) is 8.57. The summed E-state index contributed by atoms with van der Waals surface area (Å²) in [5.74, 6) is 1.84. The molecular formula is C17H32N2O. The van der Waals surface area contributed by atoms with Crippen LogP contribution >= 0.6 is 0 Å². The lowest BCUT2D eigenvalue weighted by Crippen LogP contribution is -2.51. The van der Waals surface area contributed by atoms with Crippen molar-refractivity contribution in [2.45, 2.75) is 71.8 Å². The standard InChI is InChI=1S/C17H32N2O/c1-4-5-17(6-8-18-9-7-17)16(20)19-15-11-13(2)10-14(3)12-15/h13-15,18H,4-12H2,1-3H3,(H,19,20). The minimum Gasteiger partial charge on any atom is -0.353 e. The molecule has 2 unspecified atom stereocenters. The quantitative estimate of drug-likeness (QED) is 0.831. The average Bonchev–Trinajstić information content (AvgIpc) is 2.38. The minimum atomic E-state index is -0.0933. The number of rotatable bonds is 4. The molecule has 0 spiro atoms. The van der Waals surface area contributed by atoms with E-state index in [9.17, 15) is 4.79 Å². The Kier molecular flexibility index (Phi) is 5.48. The lowest BCUT2D eigenvalue weighted by molar-refractivity contribution is -0.134. The Balaban J connectivity index is 1.97. The second kappa shape index (κ2) is 6.93. The Morgan fingerprint density at radius 3 is 2.30 bits per heavy atom. The summed E-state index contributed by atoms with van der Waals surface area (Å²) < 4.78 is 0. The number of carbonyl (C=O) groups is 1. The van der Waals surface area contributed by atoms with E-state index in [-0.39, 0.29) is 5.41 Å². The molecule has 2 aliphatic rings. The van der Waals surface area contributed by atoms with Crippen molar-refractivity contribution in [2.75, 3.05) is 13.1 Å². The van der Waals surface area contributed by atoms with Crippen molar-refractivity contribution in [2.24, 2.45) is 17.3 Å². The second-order valence-electron chi connectivity index (χ2n) is 7.37. The van der Waals surface area contributed by atoms with E-state index in [2.05, 4.69) is 31.4 Å². The van der Waals surface area contributed by atoms with Gasteiger partial charge in [-0.3, -0.25) is 4.79 Å². The van der Waals surface area contributed by atoms with Crippen LogP contribution in [0.2, 0.25) is 0 Å². The first kappa shape index (κ1) is 15.8. The van der Waals surface area contributed by atoms with Crippen LogP contribution in [0.4, 0.5) is 0 Å². The molecule has 0 aromatic heterocycles. The minimum absolute atomic E-state index is 0.0933. The predicted molar refractivity (Wildman–Crippen MR) is 83.6 cm³/mol. The van der Waals surface area contributed by atoms with E-state index in [1.165, 1.54) is 6.42 Å². The molecule has 2 fully saturated rings. The number of nitrogens with one attached hydrogen (secondary N) is 2. The van der Waals surface area contributed by atoms with Crippen molar-refractivity contribution < 1.29 is 4.79 Å². The molecule has 1 saturated carbocycles. The van der Waals surface area contributed by atoms with Crippen LogP contribution in [0.15, 0.2) is 0 Å². The molecule has 0 radical (unpaired) electrons. The zero-order valence-corrected chi connectivity index (χ0v) is 13.5. The smallest absolute Gasteiger partial charge is 0.226 e. The molecule has 2 rings (SSSR count). The van der Waals surface area contributed by atoms with Gasteiger partial charge in [0.15, 0.2) is 0 Å². The van der Waals surface area contributed by atoms with Gasteiger partial charge in [0.25, 0.3) is 0 Å². The summed E-state index contributed by atoms with van der Waals surface area (Å²) in [6.07, 6.45) is 7.79. The molecule has 0 bridgehead atoms. The SMILES string of the molecule is CCCC1(C(=O)NC2CC(C)CC(C)C2)CCNCC1. The highest BCUT2D eigenvalue weighted by Gasteiger charge is 2.39. The maximum atomic E-state index is 12.9. The van der Waals surface area contributed by atoms with Crippen LogP contribution in [0.25, 0.3) is 0 Å². The topological polar surface area (TPSA) is 41.1 Å². The average molecular weight is 280 g/mol. The van der Waals surface area contributed by atoms with Crippen LogP contribution in [-0.4, -0.2) is 25.0 Å². The Morgan fingerprint density at radius 1 is 1.15 bits per heavy atom. The van der Waals surface area contributed by atoms with Gasteiger partial charge in [-0.05, 0) is 63.5 Å². The van der Waals surface area contributed by atoms with Crippen molar-refractivity contribution in [3.8, 4) is 0 Å². The summed E-state index contributed by atoms with van der Waals surface area (Å²) in [4.78, 5) is 12.9. The van der Waals surface area contributed by atoms with Crippen LogP contribution in [0.3, 0.4) is 0 Å². The van der Waals surface area contributed by atoms with E-state index in [1.807, 2.05) is 0 Å². The highest BCUT2D eigenvalue weighted by Crippen LogP contribution is 2.35. The third-order valence-corrected chi connectivity index (χ3v) is 5.28. The summed E-state index contributed by atoms with van der Waals surface area (Å²) >= 11 is 0. The molecule has 0 aromatic carbocycles. The van der Waals surface area contributed by atoms with Crippen LogP contribution in [-0.2, 0) is 4.79 Å². The zero-order valence-electron chi connectivity index (χ0n) is 13.5. The van der Waals surface area contributed by atoms with Gasteiger partial charge in [-0.25, -0.2) is 0 Å². The summed E-state index contributed by atoms with van der Waals surface area (Å²) in [6, 6.07) is 0.407. The van der Waals surface area contributed by atoms with E-state index >= 15 is 0 Å². The van der Waals surface area contributed by atoms with E-state index < -0.39 is 0 Å². The molecule has 1 aliphatic heterocycles. The monoisotopic (exact) mass is 280 g/mol. The molecule has 0 aromatic rings. The van der Waals surface area contributed by atoms with E-state index in [0.29, 0.717) is 11.9 Å². The van der Waals surface area contributed by atoms with Crippen LogP contribution in [0.1, 0.15) is 65.7 Å². The third-order valence-electron chi connectivity index (χ3n) is 5.28. The maximum Gasteiger partial charge on any atom is 0.226 e. The molecule has 20 heavy (non-hydrogen) atoms. The van der Waals surface area contributed by atoms with E-state index in [4.69, 9.17) is 0 Å². The van der Waals surface area contributed by atoms with Crippen LogP contribution < -0.4 is 10.6 Å².